The van der Waals surface area contributed by atoms with Crippen LogP contribution in [0.2, 0.25) is 0 Å². The quantitative estimate of drug-likeness (QED) is 0.597. The van der Waals surface area contributed by atoms with Crippen LogP contribution in [0, 0.1) is 0 Å². The normalized spacial score (nSPS) is 10.8. The first-order valence-electron chi connectivity index (χ1n) is 8.18. The summed E-state index contributed by atoms with van der Waals surface area (Å²) in [5, 5.41) is 10.6. The van der Waals surface area contributed by atoms with E-state index in [2.05, 4.69) is 15.5 Å². The van der Waals surface area contributed by atoms with Crippen molar-refractivity contribution in [1.82, 2.24) is 14.8 Å². The van der Waals surface area contributed by atoms with Crippen molar-refractivity contribution in [3.8, 4) is 0 Å². The maximum absolute atomic E-state index is 12.5. The fraction of sp³-hybridized carbons (Fsp3) is 0.0500. The number of benzene rings is 2. The van der Waals surface area contributed by atoms with E-state index in [1.807, 2.05) is 42.5 Å². The van der Waals surface area contributed by atoms with Gasteiger partial charge in [-0.15, -0.1) is 0 Å². The van der Waals surface area contributed by atoms with Crippen LogP contribution in [-0.4, -0.2) is 20.7 Å². The molecule has 26 heavy (non-hydrogen) atoms. The second-order valence-corrected chi connectivity index (χ2v) is 5.96. The van der Waals surface area contributed by atoms with E-state index in [-0.39, 0.29) is 11.5 Å². The molecule has 0 fully saturated rings. The Kier molecular flexibility index (Phi) is 4.07. The Balaban J connectivity index is 1.51. The number of anilines is 1. The molecule has 0 spiro atoms. The summed E-state index contributed by atoms with van der Waals surface area (Å²) in [5.41, 5.74) is 2.88. The van der Waals surface area contributed by atoms with Gasteiger partial charge >= 0.3 is 0 Å². The molecule has 6 heteroatoms. The molecule has 0 aliphatic heterocycles. The van der Waals surface area contributed by atoms with Crippen LogP contribution in [0.25, 0.3) is 10.9 Å². The van der Waals surface area contributed by atoms with Crippen LogP contribution in [-0.2, 0) is 6.54 Å². The summed E-state index contributed by atoms with van der Waals surface area (Å²) in [4.78, 5) is 24.3. The summed E-state index contributed by atoms with van der Waals surface area (Å²) >= 11 is 0. The highest BCUT2D eigenvalue weighted by atomic mass is 16.1. The lowest BCUT2D eigenvalue weighted by molar-refractivity contribution is 0.102. The minimum Gasteiger partial charge on any atom is -0.322 e. The zero-order chi connectivity index (χ0) is 17.9. The standard InChI is InChI=1S/C20H16N4O2/c25-18-6-1-2-11-24(18)13-14-7-9-16(10-8-14)22-20(26)17-5-3-4-15-12-21-23-19(15)17/h1-12H,13H2,(H,21,23)(H,22,26). The fourth-order valence-electron chi connectivity index (χ4n) is 2.84. The topological polar surface area (TPSA) is 79.8 Å². The van der Waals surface area contributed by atoms with Crippen LogP contribution in [0.4, 0.5) is 5.69 Å². The van der Waals surface area contributed by atoms with E-state index < -0.39 is 0 Å². The van der Waals surface area contributed by atoms with E-state index in [4.69, 9.17) is 0 Å². The Morgan fingerprint density at radius 1 is 1.04 bits per heavy atom. The number of para-hydroxylation sites is 1. The van der Waals surface area contributed by atoms with Gasteiger partial charge in [0.1, 0.15) is 0 Å². The van der Waals surface area contributed by atoms with Gasteiger partial charge in [0.15, 0.2) is 0 Å². The number of carbonyl (C=O) groups is 1. The molecule has 0 radical (unpaired) electrons. The zero-order valence-corrected chi connectivity index (χ0v) is 13.8. The third kappa shape index (κ3) is 3.12. The van der Waals surface area contributed by atoms with Crippen molar-refractivity contribution in [1.29, 1.82) is 0 Å². The molecule has 0 bridgehead atoms. The van der Waals surface area contributed by atoms with E-state index in [9.17, 15) is 9.59 Å². The molecular formula is C20H16N4O2. The average molecular weight is 344 g/mol. The van der Waals surface area contributed by atoms with Gasteiger partial charge in [-0.3, -0.25) is 14.7 Å². The SMILES string of the molecule is O=C(Nc1ccc(Cn2ccccc2=O)cc1)c1cccc2cn[nH]c12. The Morgan fingerprint density at radius 2 is 1.88 bits per heavy atom. The van der Waals surface area contributed by atoms with Crippen LogP contribution >= 0.6 is 0 Å². The van der Waals surface area contributed by atoms with E-state index >= 15 is 0 Å². The maximum Gasteiger partial charge on any atom is 0.257 e. The smallest absolute Gasteiger partial charge is 0.257 e. The molecule has 6 nitrogen and oxygen atoms in total. The van der Waals surface area contributed by atoms with Crippen molar-refractivity contribution in [2.75, 3.05) is 5.32 Å². The van der Waals surface area contributed by atoms with E-state index in [1.165, 1.54) is 6.07 Å². The van der Waals surface area contributed by atoms with Crippen LogP contribution in [0.5, 0.6) is 0 Å². The van der Waals surface area contributed by atoms with E-state index in [0.29, 0.717) is 23.3 Å². The number of pyridine rings is 1. The van der Waals surface area contributed by atoms with Crippen molar-refractivity contribution >= 4 is 22.5 Å². The van der Waals surface area contributed by atoms with E-state index in [0.717, 1.165) is 10.9 Å². The minimum atomic E-state index is -0.202. The number of nitrogens with zero attached hydrogens (tertiary/aromatic N) is 2. The molecule has 0 saturated carbocycles. The van der Waals surface area contributed by atoms with Crippen LogP contribution in [0.1, 0.15) is 15.9 Å². The number of aromatic nitrogens is 3. The molecule has 1 amide bonds. The third-order valence-corrected chi connectivity index (χ3v) is 4.19. The number of carbonyl (C=O) groups excluding carboxylic acids is 1. The number of hydrogen-bond donors (Lipinski definition) is 2. The van der Waals surface area contributed by atoms with Crippen LogP contribution in [0.15, 0.2) is 77.9 Å². The van der Waals surface area contributed by atoms with Crippen molar-refractivity contribution in [3.63, 3.8) is 0 Å². The summed E-state index contributed by atoms with van der Waals surface area (Å²) < 4.78 is 1.63. The highest BCUT2D eigenvalue weighted by Crippen LogP contribution is 2.18. The zero-order valence-electron chi connectivity index (χ0n) is 13.8. The average Bonchev–Trinajstić information content (AvgIpc) is 3.14. The number of fused-ring (bicyclic) bond motifs is 1. The number of rotatable bonds is 4. The molecule has 2 N–H and O–H groups in total. The van der Waals surface area contributed by atoms with Gasteiger partial charge in [0.25, 0.3) is 11.5 Å². The molecule has 2 aromatic carbocycles. The Bertz CT molecular complexity index is 1130. The first kappa shape index (κ1) is 15.8. The predicted octanol–water partition coefficient (Wildman–Crippen LogP) is 3.03. The lowest BCUT2D eigenvalue weighted by Crippen LogP contribution is -2.18. The highest BCUT2D eigenvalue weighted by molar-refractivity contribution is 6.11. The Labute approximate surface area is 149 Å². The number of amides is 1. The van der Waals surface area contributed by atoms with Crippen molar-refractivity contribution in [2.45, 2.75) is 6.54 Å². The highest BCUT2D eigenvalue weighted by Gasteiger charge is 2.11. The lowest BCUT2D eigenvalue weighted by Gasteiger charge is -2.08. The minimum absolute atomic E-state index is 0.0440. The molecule has 0 aliphatic rings. The summed E-state index contributed by atoms with van der Waals surface area (Å²) in [6.45, 7) is 0.487. The van der Waals surface area contributed by atoms with Gasteiger partial charge in [0.05, 0.1) is 23.8 Å². The number of H-pyrrole nitrogens is 1. The van der Waals surface area contributed by atoms with Crippen molar-refractivity contribution < 1.29 is 4.79 Å². The Morgan fingerprint density at radius 3 is 2.69 bits per heavy atom. The first-order valence-corrected chi connectivity index (χ1v) is 8.18. The third-order valence-electron chi connectivity index (χ3n) is 4.19. The molecular weight excluding hydrogens is 328 g/mol. The largest absolute Gasteiger partial charge is 0.322 e. The molecule has 2 aromatic heterocycles. The predicted molar refractivity (Wildman–Crippen MR) is 100 cm³/mol. The molecule has 4 aromatic rings. The number of hydrogen-bond acceptors (Lipinski definition) is 3. The molecule has 2 heterocycles. The van der Waals surface area contributed by atoms with Gasteiger partial charge in [-0.25, -0.2) is 0 Å². The summed E-state index contributed by atoms with van der Waals surface area (Å²) in [6, 6.07) is 18.0. The molecule has 0 aliphatic carbocycles. The van der Waals surface area contributed by atoms with Gasteiger partial charge in [-0.05, 0) is 29.8 Å². The number of aromatic amines is 1. The molecule has 0 atom stereocenters. The van der Waals surface area contributed by atoms with Crippen molar-refractivity contribution in [3.05, 3.63) is 94.5 Å². The van der Waals surface area contributed by atoms with Crippen molar-refractivity contribution in [2.24, 2.45) is 0 Å². The second-order valence-electron chi connectivity index (χ2n) is 5.96. The summed E-state index contributed by atoms with van der Waals surface area (Å²) in [5.74, 6) is -0.202. The van der Waals surface area contributed by atoms with Gasteiger partial charge < -0.3 is 9.88 Å². The fourth-order valence-corrected chi connectivity index (χ4v) is 2.84. The Hall–Kier alpha value is -3.67. The lowest BCUT2D eigenvalue weighted by atomic mass is 10.1. The van der Waals surface area contributed by atoms with Gasteiger partial charge in [0, 0.05) is 23.3 Å². The summed E-state index contributed by atoms with van der Waals surface area (Å²) in [7, 11) is 0. The maximum atomic E-state index is 12.5. The molecule has 0 saturated heterocycles. The summed E-state index contributed by atoms with van der Waals surface area (Å²) in [6.07, 6.45) is 3.44. The van der Waals surface area contributed by atoms with Crippen LogP contribution in [0.3, 0.4) is 0 Å². The molecule has 128 valence electrons. The second kappa shape index (κ2) is 6.68. The van der Waals surface area contributed by atoms with Crippen LogP contribution < -0.4 is 10.9 Å². The monoisotopic (exact) mass is 344 g/mol. The van der Waals surface area contributed by atoms with E-state index in [1.54, 1.807) is 29.1 Å². The van der Waals surface area contributed by atoms with Gasteiger partial charge in [-0.1, -0.05) is 30.3 Å². The van der Waals surface area contributed by atoms with Gasteiger partial charge in [0.2, 0.25) is 0 Å². The first-order chi connectivity index (χ1) is 12.7. The van der Waals surface area contributed by atoms with Gasteiger partial charge in [-0.2, -0.15) is 5.10 Å². The molecule has 0 unspecified atom stereocenters. The molecule has 4 rings (SSSR count). The number of nitrogens with one attached hydrogen (secondary N) is 2.